The average Bonchev–Trinajstić information content (AvgIpc) is 2.09. The maximum Gasteiger partial charge on any atom is 0.316 e. The van der Waals surface area contributed by atoms with Crippen molar-refractivity contribution in [1.29, 1.82) is 0 Å². The Bertz CT molecular complexity index is 278. The van der Waals surface area contributed by atoms with Gasteiger partial charge < -0.3 is 4.74 Å². The van der Waals surface area contributed by atoms with Gasteiger partial charge in [0.1, 0.15) is 11.7 Å². The second kappa shape index (κ2) is 5.05. The van der Waals surface area contributed by atoms with Crippen LogP contribution in [0.1, 0.15) is 32.6 Å². The molecule has 84 valence electrons. The van der Waals surface area contributed by atoms with Gasteiger partial charge in [0.2, 0.25) is 0 Å². The number of rotatable bonds is 5. The molecule has 0 aromatic carbocycles. The normalized spacial score (nSPS) is 17.7. The number of methoxy groups -OCH3 is 1. The summed E-state index contributed by atoms with van der Waals surface area (Å²) in [5.74, 6) is -1.77. The van der Waals surface area contributed by atoms with Gasteiger partial charge in [0.25, 0.3) is 0 Å². The molecule has 1 atom stereocenters. The SMILES string of the molecule is COC(=O)C(CC(C)=O)C(=O)C1CCC1. The van der Waals surface area contributed by atoms with Crippen molar-refractivity contribution < 1.29 is 19.1 Å². The van der Waals surface area contributed by atoms with E-state index in [9.17, 15) is 14.4 Å². The molecule has 0 spiro atoms. The highest BCUT2D eigenvalue weighted by Crippen LogP contribution is 2.30. The van der Waals surface area contributed by atoms with Crippen molar-refractivity contribution >= 4 is 17.5 Å². The van der Waals surface area contributed by atoms with E-state index in [-0.39, 0.29) is 23.9 Å². The first-order valence-corrected chi connectivity index (χ1v) is 5.17. The summed E-state index contributed by atoms with van der Waals surface area (Å²) in [6.45, 7) is 1.38. The molecule has 1 aliphatic rings. The van der Waals surface area contributed by atoms with Crippen molar-refractivity contribution in [2.24, 2.45) is 11.8 Å². The molecular formula is C11H16O4. The van der Waals surface area contributed by atoms with E-state index in [0.717, 1.165) is 19.3 Å². The van der Waals surface area contributed by atoms with E-state index in [1.807, 2.05) is 0 Å². The van der Waals surface area contributed by atoms with Crippen LogP contribution in [0.2, 0.25) is 0 Å². The van der Waals surface area contributed by atoms with Gasteiger partial charge in [0, 0.05) is 12.3 Å². The Morgan fingerprint density at radius 2 is 1.93 bits per heavy atom. The lowest BCUT2D eigenvalue weighted by Crippen LogP contribution is -2.35. The monoisotopic (exact) mass is 212 g/mol. The van der Waals surface area contributed by atoms with Crippen LogP contribution < -0.4 is 0 Å². The maximum absolute atomic E-state index is 11.8. The molecule has 1 unspecified atom stereocenters. The van der Waals surface area contributed by atoms with Gasteiger partial charge >= 0.3 is 5.97 Å². The number of Topliss-reactive ketones (excluding diaryl/α,β-unsaturated/α-hetero) is 2. The fraction of sp³-hybridized carbons (Fsp3) is 0.727. The summed E-state index contributed by atoms with van der Waals surface area (Å²) in [5.41, 5.74) is 0. The molecule has 1 aliphatic carbocycles. The van der Waals surface area contributed by atoms with Crippen LogP contribution in [0.5, 0.6) is 0 Å². The van der Waals surface area contributed by atoms with Gasteiger partial charge in [0.15, 0.2) is 5.78 Å². The quantitative estimate of drug-likeness (QED) is 0.506. The molecule has 0 aromatic rings. The van der Waals surface area contributed by atoms with Crippen LogP contribution >= 0.6 is 0 Å². The molecular weight excluding hydrogens is 196 g/mol. The number of carbonyl (C=O) groups excluding carboxylic acids is 3. The zero-order valence-corrected chi connectivity index (χ0v) is 9.12. The number of hydrogen-bond acceptors (Lipinski definition) is 4. The topological polar surface area (TPSA) is 60.4 Å². The summed E-state index contributed by atoms with van der Waals surface area (Å²) < 4.78 is 4.54. The van der Waals surface area contributed by atoms with Crippen molar-refractivity contribution in [3.05, 3.63) is 0 Å². The predicted octanol–water partition coefficient (Wildman–Crippen LogP) is 1.12. The van der Waals surface area contributed by atoms with Crippen LogP contribution in [-0.2, 0) is 19.1 Å². The van der Waals surface area contributed by atoms with Gasteiger partial charge in [-0.15, -0.1) is 0 Å². The van der Waals surface area contributed by atoms with E-state index in [1.54, 1.807) is 0 Å². The van der Waals surface area contributed by atoms with Crippen LogP contribution in [-0.4, -0.2) is 24.6 Å². The maximum atomic E-state index is 11.8. The number of ether oxygens (including phenoxy) is 1. The van der Waals surface area contributed by atoms with Gasteiger partial charge in [-0.2, -0.15) is 0 Å². The molecule has 4 heteroatoms. The van der Waals surface area contributed by atoms with Crippen molar-refractivity contribution in [2.45, 2.75) is 32.6 Å². The van der Waals surface area contributed by atoms with E-state index in [4.69, 9.17) is 0 Å². The Morgan fingerprint density at radius 1 is 1.33 bits per heavy atom. The summed E-state index contributed by atoms with van der Waals surface area (Å²) >= 11 is 0. The highest BCUT2D eigenvalue weighted by Gasteiger charge is 2.36. The van der Waals surface area contributed by atoms with Gasteiger partial charge in [-0.3, -0.25) is 14.4 Å². The first kappa shape index (κ1) is 11.9. The lowest BCUT2D eigenvalue weighted by Gasteiger charge is -2.26. The molecule has 0 aromatic heterocycles. The minimum atomic E-state index is -0.877. The van der Waals surface area contributed by atoms with Crippen LogP contribution in [0.25, 0.3) is 0 Å². The van der Waals surface area contributed by atoms with Gasteiger partial charge in [-0.05, 0) is 19.8 Å². The Balaban J connectivity index is 2.65. The van der Waals surface area contributed by atoms with E-state index in [0.29, 0.717) is 0 Å². The molecule has 1 rings (SSSR count). The predicted molar refractivity (Wildman–Crippen MR) is 53.2 cm³/mol. The van der Waals surface area contributed by atoms with Gasteiger partial charge in [-0.1, -0.05) is 6.42 Å². The lowest BCUT2D eigenvalue weighted by molar-refractivity contribution is -0.153. The molecule has 1 fully saturated rings. The number of ketones is 2. The molecule has 4 nitrogen and oxygen atoms in total. The molecule has 0 heterocycles. The molecule has 0 radical (unpaired) electrons. The Morgan fingerprint density at radius 3 is 2.27 bits per heavy atom. The van der Waals surface area contributed by atoms with Crippen molar-refractivity contribution in [3.63, 3.8) is 0 Å². The van der Waals surface area contributed by atoms with E-state index < -0.39 is 11.9 Å². The molecule has 0 saturated heterocycles. The van der Waals surface area contributed by atoms with Crippen molar-refractivity contribution in [1.82, 2.24) is 0 Å². The third-order valence-corrected chi connectivity index (χ3v) is 2.83. The molecule has 15 heavy (non-hydrogen) atoms. The molecule has 0 N–H and O–H groups in total. The van der Waals surface area contributed by atoms with Gasteiger partial charge in [0.05, 0.1) is 7.11 Å². The largest absolute Gasteiger partial charge is 0.468 e. The number of carbonyl (C=O) groups is 3. The van der Waals surface area contributed by atoms with Crippen LogP contribution in [0, 0.1) is 11.8 Å². The van der Waals surface area contributed by atoms with Crippen LogP contribution in [0.3, 0.4) is 0 Å². The fourth-order valence-corrected chi connectivity index (χ4v) is 1.71. The van der Waals surface area contributed by atoms with E-state index in [1.165, 1.54) is 14.0 Å². The second-order valence-corrected chi connectivity index (χ2v) is 4.01. The Kier molecular flexibility index (Phi) is 4.00. The third-order valence-electron chi connectivity index (χ3n) is 2.83. The summed E-state index contributed by atoms with van der Waals surface area (Å²) in [4.78, 5) is 34.1. The summed E-state index contributed by atoms with van der Waals surface area (Å²) in [6, 6.07) is 0. The minimum Gasteiger partial charge on any atom is -0.468 e. The number of esters is 1. The van der Waals surface area contributed by atoms with Crippen LogP contribution in [0.4, 0.5) is 0 Å². The van der Waals surface area contributed by atoms with Crippen molar-refractivity contribution in [3.8, 4) is 0 Å². The second-order valence-electron chi connectivity index (χ2n) is 4.01. The first-order valence-electron chi connectivity index (χ1n) is 5.17. The summed E-state index contributed by atoms with van der Waals surface area (Å²) in [5, 5.41) is 0. The van der Waals surface area contributed by atoms with Gasteiger partial charge in [-0.25, -0.2) is 0 Å². The number of hydrogen-bond donors (Lipinski definition) is 0. The Hall–Kier alpha value is -1.19. The Labute approximate surface area is 89.0 Å². The standard InChI is InChI=1S/C11H16O4/c1-7(12)6-9(11(14)15-2)10(13)8-4-3-5-8/h8-9H,3-6H2,1-2H3. The highest BCUT2D eigenvalue weighted by molar-refractivity contribution is 6.03. The summed E-state index contributed by atoms with van der Waals surface area (Å²) in [7, 11) is 1.24. The zero-order chi connectivity index (χ0) is 11.4. The third kappa shape index (κ3) is 2.88. The smallest absolute Gasteiger partial charge is 0.316 e. The molecule has 0 bridgehead atoms. The average molecular weight is 212 g/mol. The zero-order valence-electron chi connectivity index (χ0n) is 9.12. The highest BCUT2D eigenvalue weighted by atomic mass is 16.5. The minimum absolute atomic E-state index is 0.0258. The summed E-state index contributed by atoms with van der Waals surface area (Å²) in [6.07, 6.45) is 2.68. The van der Waals surface area contributed by atoms with E-state index >= 15 is 0 Å². The van der Waals surface area contributed by atoms with Crippen LogP contribution in [0.15, 0.2) is 0 Å². The molecule has 0 aliphatic heterocycles. The fourth-order valence-electron chi connectivity index (χ4n) is 1.71. The first-order chi connectivity index (χ1) is 7.06. The van der Waals surface area contributed by atoms with Crippen molar-refractivity contribution in [2.75, 3.05) is 7.11 Å². The lowest BCUT2D eigenvalue weighted by atomic mass is 9.77. The molecule has 0 amide bonds. The van der Waals surface area contributed by atoms with E-state index in [2.05, 4.69) is 4.74 Å². The molecule has 1 saturated carbocycles.